The summed E-state index contributed by atoms with van der Waals surface area (Å²) in [6.45, 7) is 5.42. The molecule has 6 nitrogen and oxygen atoms in total. The number of nitrogens with zero attached hydrogens (tertiary/aromatic N) is 2. The smallest absolute Gasteiger partial charge is 0.309 e. The monoisotopic (exact) mass is 573 g/mol. The topological polar surface area (TPSA) is 81.7 Å². The van der Waals surface area contributed by atoms with E-state index in [1.54, 1.807) is 23.1 Å². The molecule has 0 saturated carbocycles. The third kappa shape index (κ3) is 6.57. The van der Waals surface area contributed by atoms with Gasteiger partial charge in [0.05, 0.1) is 17.1 Å². The van der Waals surface area contributed by atoms with Crippen molar-refractivity contribution in [2.45, 2.75) is 51.0 Å². The standard InChI is InChI=1S/C32H32N2O4S2/c1-32(2)20-22(8-7-13-28-33(16-14-30(35)36)24-9-3-5-11-26(24)39-28)18-23(21-32)19-29-34(17-15-31(37)38)25-10-4-6-12-27(25)40-29/h3-13,18-19H,14-17,20-21H2,1-2H3,(H-,35,36,37,38)/p+1. The SMILES string of the molecule is CC1(C)CC(/C=C2\Sc3ccccc3N2CCC(=O)O)=CC(=C/C=C/c2sc3ccccc3[n+]2CCC(=O)O)/C1. The fourth-order valence-corrected chi connectivity index (χ4v) is 7.60. The Bertz CT molecular complexity index is 1580. The number of para-hydroxylation sites is 2. The summed E-state index contributed by atoms with van der Waals surface area (Å²) in [4.78, 5) is 25.8. The number of anilines is 1. The first-order valence-corrected chi connectivity index (χ1v) is 15.0. The Morgan fingerprint density at radius 2 is 1.77 bits per heavy atom. The summed E-state index contributed by atoms with van der Waals surface area (Å²) in [5.41, 5.74) is 4.66. The van der Waals surface area contributed by atoms with Crippen LogP contribution in [-0.4, -0.2) is 28.7 Å². The predicted octanol–water partition coefficient (Wildman–Crippen LogP) is 7.28. The number of allylic oxidation sites excluding steroid dienone is 6. The molecule has 2 aromatic carbocycles. The summed E-state index contributed by atoms with van der Waals surface area (Å²) >= 11 is 3.36. The Morgan fingerprint density at radius 1 is 1.02 bits per heavy atom. The van der Waals surface area contributed by atoms with E-state index in [0.717, 1.165) is 43.7 Å². The summed E-state index contributed by atoms with van der Waals surface area (Å²) in [5, 5.41) is 20.6. The van der Waals surface area contributed by atoms with Crippen LogP contribution in [0.3, 0.4) is 0 Å². The molecule has 206 valence electrons. The van der Waals surface area contributed by atoms with E-state index in [-0.39, 0.29) is 18.3 Å². The van der Waals surface area contributed by atoms with Gasteiger partial charge in [-0.05, 0) is 53.7 Å². The van der Waals surface area contributed by atoms with Crippen LogP contribution < -0.4 is 9.47 Å². The van der Waals surface area contributed by atoms with Crippen LogP contribution in [0.25, 0.3) is 16.3 Å². The number of hydrogen-bond donors (Lipinski definition) is 2. The maximum absolute atomic E-state index is 11.3. The zero-order chi connectivity index (χ0) is 28.3. The molecule has 2 aliphatic rings. The Balaban J connectivity index is 1.43. The Morgan fingerprint density at radius 3 is 2.58 bits per heavy atom. The van der Waals surface area contributed by atoms with Gasteiger partial charge >= 0.3 is 11.9 Å². The lowest BCUT2D eigenvalue weighted by Crippen LogP contribution is -2.36. The van der Waals surface area contributed by atoms with E-state index in [4.69, 9.17) is 0 Å². The van der Waals surface area contributed by atoms with E-state index in [2.05, 4.69) is 71.9 Å². The Kier molecular flexibility index (Phi) is 8.28. The highest BCUT2D eigenvalue weighted by Crippen LogP contribution is 2.47. The van der Waals surface area contributed by atoms with Crippen molar-refractivity contribution < 1.29 is 24.4 Å². The fourth-order valence-electron chi connectivity index (χ4n) is 5.33. The van der Waals surface area contributed by atoms with Crippen LogP contribution in [0, 0.1) is 5.41 Å². The minimum Gasteiger partial charge on any atom is -0.481 e. The number of thioether (sulfide) groups is 1. The van der Waals surface area contributed by atoms with E-state index in [0.29, 0.717) is 13.1 Å². The van der Waals surface area contributed by atoms with Crippen LogP contribution in [0.5, 0.6) is 0 Å². The second kappa shape index (κ2) is 11.9. The van der Waals surface area contributed by atoms with Crippen molar-refractivity contribution in [3.63, 3.8) is 0 Å². The number of aromatic nitrogens is 1. The number of aliphatic carboxylic acids is 2. The largest absolute Gasteiger partial charge is 0.481 e. The van der Waals surface area contributed by atoms with Crippen molar-refractivity contribution in [1.29, 1.82) is 0 Å². The third-order valence-electron chi connectivity index (χ3n) is 6.97. The predicted molar refractivity (Wildman–Crippen MR) is 162 cm³/mol. The number of thiazole rings is 1. The first-order chi connectivity index (χ1) is 19.2. The fraction of sp³-hybridized carbons (Fsp3) is 0.281. The maximum atomic E-state index is 11.3. The van der Waals surface area contributed by atoms with Crippen molar-refractivity contribution in [1.82, 2.24) is 0 Å². The minimum absolute atomic E-state index is 0.0770. The van der Waals surface area contributed by atoms with Crippen molar-refractivity contribution >= 4 is 57.0 Å². The van der Waals surface area contributed by atoms with Gasteiger partial charge in [-0.2, -0.15) is 4.57 Å². The first kappa shape index (κ1) is 27.9. The summed E-state index contributed by atoms with van der Waals surface area (Å²) < 4.78 is 3.22. The van der Waals surface area contributed by atoms with E-state index >= 15 is 0 Å². The number of rotatable bonds is 9. The molecule has 0 bridgehead atoms. The number of carboxylic acid groups (broad SMARTS) is 2. The van der Waals surface area contributed by atoms with Crippen molar-refractivity contribution in [2.24, 2.45) is 5.41 Å². The zero-order valence-electron chi connectivity index (χ0n) is 22.7. The van der Waals surface area contributed by atoms with Gasteiger partial charge in [0.2, 0.25) is 5.52 Å². The molecule has 2 N–H and O–H groups in total. The summed E-state index contributed by atoms with van der Waals surface area (Å²) in [5.74, 6) is -1.60. The minimum atomic E-state index is -0.805. The number of carboxylic acids is 2. The van der Waals surface area contributed by atoms with Gasteiger partial charge in [0.25, 0.3) is 5.01 Å². The molecule has 0 amide bonds. The number of fused-ring (bicyclic) bond motifs is 2. The molecule has 1 aliphatic carbocycles. The van der Waals surface area contributed by atoms with Gasteiger partial charge in [-0.25, -0.2) is 0 Å². The lowest BCUT2D eigenvalue weighted by atomic mass is 9.75. The van der Waals surface area contributed by atoms with Crippen LogP contribution in [0.2, 0.25) is 0 Å². The number of carbonyl (C=O) groups is 2. The molecule has 40 heavy (non-hydrogen) atoms. The van der Waals surface area contributed by atoms with Gasteiger partial charge in [-0.1, -0.05) is 79.4 Å². The molecule has 8 heteroatoms. The Hall–Kier alpha value is -3.62. The highest BCUT2D eigenvalue weighted by molar-refractivity contribution is 8.03. The number of aryl methyl sites for hydroxylation is 1. The van der Waals surface area contributed by atoms with E-state index < -0.39 is 11.9 Å². The van der Waals surface area contributed by atoms with Crippen molar-refractivity contribution in [3.8, 4) is 0 Å². The molecule has 5 rings (SSSR count). The Labute approximate surface area is 242 Å². The van der Waals surface area contributed by atoms with Gasteiger partial charge < -0.3 is 15.1 Å². The van der Waals surface area contributed by atoms with Gasteiger partial charge in [-0.15, -0.1) is 0 Å². The molecule has 0 saturated heterocycles. The average Bonchev–Trinajstić information content (AvgIpc) is 3.42. The highest BCUT2D eigenvalue weighted by Gasteiger charge is 2.29. The van der Waals surface area contributed by atoms with Gasteiger partial charge in [0.15, 0.2) is 6.54 Å². The second-order valence-electron chi connectivity index (χ2n) is 10.9. The van der Waals surface area contributed by atoms with Gasteiger partial charge in [-0.3, -0.25) is 9.59 Å². The maximum Gasteiger partial charge on any atom is 0.309 e. The lowest BCUT2D eigenvalue weighted by molar-refractivity contribution is -0.667. The van der Waals surface area contributed by atoms with Crippen LogP contribution in [0.15, 0.2) is 93.9 Å². The highest BCUT2D eigenvalue weighted by atomic mass is 32.2. The van der Waals surface area contributed by atoms with E-state index in [9.17, 15) is 19.8 Å². The van der Waals surface area contributed by atoms with Crippen molar-refractivity contribution in [3.05, 3.63) is 94.0 Å². The molecular weight excluding hydrogens is 540 g/mol. The molecule has 0 unspecified atom stereocenters. The third-order valence-corrected chi connectivity index (χ3v) is 9.21. The summed E-state index contributed by atoms with van der Waals surface area (Å²) in [6.07, 6.45) is 12.8. The first-order valence-electron chi connectivity index (χ1n) is 13.4. The molecular formula is C32H33N2O4S2+. The van der Waals surface area contributed by atoms with Crippen molar-refractivity contribution in [2.75, 3.05) is 11.4 Å². The van der Waals surface area contributed by atoms with E-state index in [1.807, 2.05) is 30.3 Å². The summed E-state index contributed by atoms with van der Waals surface area (Å²) in [7, 11) is 0. The zero-order valence-corrected chi connectivity index (χ0v) is 24.3. The van der Waals surface area contributed by atoms with Gasteiger partial charge in [0, 0.05) is 23.6 Å². The van der Waals surface area contributed by atoms with E-state index in [1.165, 1.54) is 11.1 Å². The molecule has 0 atom stereocenters. The molecule has 1 aromatic heterocycles. The normalized spacial score (nSPS) is 18.6. The molecule has 0 radical (unpaired) electrons. The molecule has 3 aromatic rings. The summed E-state index contributed by atoms with van der Waals surface area (Å²) in [6, 6.07) is 16.2. The molecule has 0 fully saturated rings. The molecule has 0 spiro atoms. The van der Waals surface area contributed by atoms with Crippen LogP contribution in [-0.2, 0) is 16.1 Å². The van der Waals surface area contributed by atoms with Crippen LogP contribution >= 0.6 is 23.1 Å². The molecule has 2 heterocycles. The molecule has 1 aliphatic heterocycles. The van der Waals surface area contributed by atoms with Crippen LogP contribution in [0.1, 0.15) is 44.5 Å². The quantitative estimate of drug-likeness (QED) is 0.262. The average molecular weight is 574 g/mol. The number of benzene rings is 2. The van der Waals surface area contributed by atoms with Gasteiger partial charge in [0.1, 0.15) is 11.1 Å². The second-order valence-corrected chi connectivity index (χ2v) is 13.0. The number of hydrogen-bond acceptors (Lipinski definition) is 5. The van der Waals surface area contributed by atoms with Crippen LogP contribution in [0.4, 0.5) is 5.69 Å². The lowest BCUT2D eigenvalue weighted by Gasteiger charge is -2.31.